The Hall–Kier alpha value is -1.79. The van der Waals surface area contributed by atoms with Crippen molar-refractivity contribution in [3.8, 4) is 0 Å². The van der Waals surface area contributed by atoms with Crippen LogP contribution in [0.3, 0.4) is 0 Å². The van der Waals surface area contributed by atoms with Gasteiger partial charge >= 0.3 is 12.0 Å². The normalized spacial score (nSPS) is 19.2. The molecule has 0 aromatic heterocycles. The molecule has 1 aliphatic carbocycles. The summed E-state index contributed by atoms with van der Waals surface area (Å²) in [6, 6.07) is -1.56. The maximum Gasteiger partial charge on any atom is 0.312 e. The summed E-state index contributed by atoms with van der Waals surface area (Å²) in [5.74, 6) is -1.30. The highest BCUT2D eigenvalue weighted by atomic mass is 16.4. The Bertz CT molecular complexity index is 364. The minimum Gasteiger partial charge on any atom is -0.481 e. The Morgan fingerprint density at radius 2 is 1.84 bits per heavy atom. The molecule has 7 heteroatoms. The molecule has 1 saturated carbocycles. The van der Waals surface area contributed by atoms with Crippen LogP contribution in [0, 0.1) is 5.41 Å². The van der Waals surface area contributed by atoms with Gasteiger partial charge in [-0.15, -0.1) is 0 Å². The Labute approximate surface area is 111 Å². The summed E-state index contributed by atoms with van der Waals surface area (Å²) >= 11 is 0. The number of carbonyl (C=O) groups excluding carboxylic acids is 2. The van der Waals surface area contributed by atoms with E-state index in [0.717, 1.165) is 19.3 Å². The highest BCUT2D eigenvalue weighted by Gasteiger charge is 2.40. The number of primary amides is 1. The standard InChI is InChI=1S/C12H21N3O4/c1-8(15-11(13)19)9(16)14-7-12(10(17)18)5-3-2-4-6-12/h8H,2-7H2,1H3,(H,14,16)(H,17,18)(H3,13,15,19). The van der Waals surface area contributed by atoms with Crippen molar-refractivity contribution in [1.82, 2.24) is 10.6 Å². The first-order valence-electron chi connectivity index (χ1n) is 6.44. The highest BCUT2D eigenvalue weighted by molar-refractivity contribution is 5.86. The molecular formula is C12H21N3O4. The number of carboxylic acids is 1. The van der Waals surface area contributed by atoms with Gasteiger partial charge in [0.05, 0.1) is 5.41 Å². The first-order chi connectivity index (χ1) is 8.87. The van der Waals surface area contributed by atoms with E-state index in [1.165, 1.54) is 6.92 Å². The first kappa shape index (κ1) is 15.3. The topological polar surface area (TPSA) is 122 Å². The Morgan fingerprint density at radius 3 is 2.32 bits per heavy atom. The van der Waals surface area contributed by atoms with Crippen LogP contribution in [0.2, 0.25) is 0 Å². The minimum atomic E-state index is -0.875. The fourth-order valence-corrected chi connectivity index (χ4v) is 2.38. The number of carbonyl (C=O) groups is 3. The van der Waals surface area contributed by atoms with E-state index in [9.17, 15) is 19.5 Å². The maximum absolute atomic E-state index is 11.7. The van der Waals surface area contributed by atoms with Crippen molar-refractivity contribution < 1.29 is 19.5 Å². The summed E-state index contributed by atoms with van der Waals surface area (Å²) in [5, 5.41) is 14.2. The second-order valence-electron chi connectivity index (χ2n) is 5.09. The molecule has 0 aliphatic heterocycles. The molecule has 1 atom stereocenters. The third kappa shape index (κ3) is 4.11. The number of hydrogen-bond donors (Lipinski definition) is 4. The van der Waals surface area contributed by atoms with E-state index in [1.807, 2.05) is 0 Å². The fraction of sp³-hybridized carbons (Fsp3) is 0.750. The molecule has 0 radical (unpaired) electrons. The SMILES string of the molecule is CC(NC(N)=O)C(=O)NCC1(C(=O)O)CCCCC1. The van der Waals surface area contributed by atoms with Crippen molar-refractivity contribution in [2.45, 2.75) is 45.1 Å². The van der Waals surface area contributed by atoms with Gasteiger partial charge in [-0.25, -0.2) is 4.79 Å². The predicted molar refractivity (Wildman–Crippen MR) is 68.3 cm³/mol. The van der Waals surface area contributed by atoms with E-state index in [1.54, 1.807) is 0 Å². The van der Waals surface area contributed by atoms with E-state index in [-0.39, 0.29) is 6.54 Å². The Balaban J connectivity index is 2.54. The second-order valence-corrected chi connectivity index (χ2v) is 5.09. The van der Waals surface area contributed by atoms with Crippen molar-refractivity contribution in [2.75, 3.05) is 6.54 Å². The van der Waals surface area contributed by atoms with Crippen molar-refractivity contribution in [3.63, 3.8) is 0 Å². The zero-order valence-corrected chi connectivity index (χ0v) is 11.1. The van der Waals surface area contributed by atoms with E-state index in [4.69, 9.17) is 5.73 Å². The molecule has 0 heterocycles. The number of nitrogens with one attached hydrogen (secondary N) is 2. The number of carboxylic acid groups (broad SMARTS) is 1. The van der Waals surface area contributed by atoms with Gasteiger partial charge in [-0.3, -0.25) is 9.59 Å². The summed E-state index contributed by atoms with van der Waals surface area (Å²) < 4.78 is 0. The zero-order chi connectivity index (χ0) is 14.5. The van der Waals surface area contributed by atoms with Crippen LogP contribution in [0.15, 0.2) is 0 Å². The van der Waals surface area contributed by atoms with Gasteiger partial charge in [-0.05, 0) is 19.8 Å². The second kappa shape index (κ2) is 6.40. The molecule has 0 aromatic carbocycles. The summed E-state index contributed by atoms with van der Waals surface area (Å²) in [4.78, 5) is 33.7. The van der Waals surface area contributed by atoms with E-state index >= 15 is 0 Å². The van der Waals surface area contributed by atoms with Crippen molar-refractivity contribution >= 4 is 17.9 Å². The Morgan fingerprint density at radius 1 is 1.26 bits per heavy atom. The Kier molecular flexibility index (Phi) is 5.14. The van der Waals surface area contributed by atoms with E-state index < -0.39 is 29.4 Å². The predicted octanol–water partition coefficient (Wildman–Crippen LogP) is 0.194. The number of rotatable bonds is 5. The summed E-state index contributed by atoms with van der Waals surface area (Å²) in [7, 11) is 0. The van der Waals surface area contributed by atoms with Crippen molar-refractivity contribution in [1.29, 1.82) is 0 Å². The number of aliphatic carboxylic acids is 1. The summed E-state index contributed by atoms with van der Waals surface area (Å²) in [6.07, 6.45) is 3.89. The number of urea groups is 1. The van der Waals surface area contributed by atoms with Gasteiger partial charge < -0.3 is 21.5 Å². The molecule has 0 saturated heterocycles. The number of amides is 3. The van der Waals surface area contributed by atoms with Gasteiger partial charge in [-0.2, -0.15) is 0 Å². The molecule has 0 aromatic rings. The molecule has 1 aliphatic rings. The molecular weight excluding hydrogens is 250 g/mol. The minimum absolute atomic E-state index is 0.0892. The highest BCUT2D eigenvalue weighted by Crippen LogP contribution is 2.35. The average molecular weight is 271 g/mol. The monoisotopic (exact) mass is 271 g/mol. The summed E-state index contributed by atoms with van der Waals surface area (Å²) in [5.41, 5.74) is 4.05. The number of nitrogens with two attached hydrogens (primary N) is 1. The van der Waals surface area contributed by atoms with Crippen LogP contribution < -0.4 is 16.4 Å². The molecule has 5 N–H and O–H groups in total. The largest absolute Gasteiger partial charge is 0.481 e. The average Bonchev–Trinajstić information content (AvgIpc) is 2.36. The van der Waals surface area contributed by atoms with E-state index in [0.29, 0.717) is 12.8 Å². The molecule has 1 fully saturated rings. The molecule has 0 bridgehead atoms. The maximum atomic E-state index is 11.7. The zero-order valence-electron chi connectivity index (χ0n) is 11.1. The van der Waals surface area contributed by atoms with Gasteiger partial charge in [0.15, 0.2) is 0 Å². The fourth-order valence-electron chi connectivity index (χ4n) is 2.38. The van der Waals surface area contributed by atoms with Crippen LogP contribution in [0.5, 0.6) is 0 Å². The van der Waals surface area contributed by atoms with Crippen LogP contribution in [-0.4, -0.2) is 35.6 Å². The molecule has 108 valence electrons. The molecule has 1 unspecified atom stereocenters. The molecule has 0 spiro atoms. The van der Waals surface area contributed by atoms with Gasteiger partial charge in [0.1, 0.15) is 6.04 Å². The van der Waals surface area contributed by atoms with Gasteiger partial charge in [0.25, 0.3) is 0 Å². The summed E-state index contributed by atoms with van der Waals surface area (Å²) in [6.45, 7) is 1.58. The van der Waals surface area contributed by atoms with Crippen LogP contribution in [0.25, 0.3) is 0 Å². The molecule has 3 amide bonds. The van der Waals surface area contributed by atoms with Crippen molar-refractivity contribution in [2.24, 2.45) is 11.1 Å². The van der Waals surface area contributed by atoms with Gasteiger partial charge in [-0.1, -0.05) is 19.3 Å². The quantitative estimate of drug-likeness (QED) is 0.570. The van der Waals surface area contributed by atoms with Crippen LogP contribution >= 0.6 is 0 Å². The first-order valence-corrected chi connectivity index (χ1v) is 6.44. The lowest BCUT2D eigenvalue weighted by Gasteiger charge is -2.33. The third-order valence-corrected chi connectivity index (χ3v) is 3.62. The lowest BCUT2D eigenvalue weighted by atomic mass is 9.74. The number of hydrogen-bond acceptors (Lipinski definition) is 3. The molecule has 7 nitrogen and oxygen atoms in total. The lowest BCUT2D eigenvalue weighted by Crippen LogP contribution is -2.51. The van der Waals surface area contributed by atoms with Crippen molar-refractivity contribution in [3.05, 3.63) is 0 Å². The van der Waals surface area contributed by atoms with Crippen LogP contribution in [-0.2, 0) is 9.59 Å². The third-order valence-electron chi connectivity index (χ3n) is 3.62. The van der Waals surface area contributed by atoms with Crippen LogP contribution in [0.1, 0.15) is 39.0 Å². The van der Waals surface area contributed by atoms with Gasteiger partial charge in [0.2, 0.25) is 5.91 Å². The molecule has 19 heavy (non-hydrogen) atoms. The lowest BCUT2D eigenvalue weighted by molar-refractivity contribution is -0.151. The smallest absolute Gasteiger partial charge is 0.312 e. The van der Waals surface area contributed by atoms with Crippen LogP contribution in [0.4, 0.5) is 4.79 Å². The molecule has 1 rings (SSSR count). The van der Waals surface area contributed by atoms with E-state index in [2.05, 4.69) is 10.6 Å². The van der Waals surface area contributed by atoms with Gasteiger partial charge in [0, 0.05) is 6.54 Å².